The average molecular weight is 211 g/mol. The van der Waals surface area contributed by atoms with Crippen molar-refractivity contribution in [3.8, 4) is 0 Å². The predicted molar refractivity (Wildman–Crippen MR) is 61.5 cm³/mol. The van der Waals surface area contributed by atoms with Crippen LogP contribution in [0.4, 0.5) is 0 Å². The number of nitrogens with zero attached hydrogens (tertiary/aromatic N) is 2. The molecular weight excluding hydrogens is 190 g/mol. The molecule has 86 valence electrons. The summed E-state index contributed by atoms with van der Waals surface area (Å²) in [4.78, 5) is 15.9. The van der Waals surface area contributed by atoms with Crippen molar-refractivity contribution in [3.05, 3.63) is 12.7 Å². The summed E-state index contributed by atoms with van der Waals surface area (Å²) in [6.07, 6.45) is 1.82. The van der Waals surface area contributed by atoms with E-state index in [-0.39, 0.29) is 17.5 Å². The first-order valence-corrected chi connectivity index (χ1v) is 5.26. The van der Waals surface area contributed by atoms with Crippen LogP contribution in [0.5, 0.6) is 0 Å². The highest BCUT2D eigenvalue weighted by Crippen LogP contribution is 2.23. The molecule has 0 aromatic rings. The normalized spacial score (nSPS) is 26.8. The molecule has 0 saturated carbocycles. The van der Waals surface area contributed by atoms with Crippen LogP contribution in [0, 0.1) is 0 Å². The summed E-state index contributed by atoms with van der Waals surface area (Å²) in [5.41, 5.74) is 5.51. The lowest BCUT2D eigenvalue weighted by atomic mass is 9.95. The summed E-state index contributed by atoms with van der Waals surface area (Å²) in [5, 5.41) is 0. The number of piperazine rings is 1. The minimum atomic E-state index is -0.193. The number of likely N-dealkylation sites (N-methyl/N-ethyl adjacent to an activating group) is 1. The fourth-order valence-corrected chi connectivity index (χ4v) is 2.00. The lowest BCUT2D eigenvalue weighted by Gasteiger charge is -2.48. The second kappa shape index (κ2) is 4.33. The van der Waals surface area contributed by atoms with Crippen molar-refractivity contribution in [2.75, 3.05) is 26.7 Å². The monoisotopic (exact) mass is 211 g/mol. The first-order chi connectivity index (χ1) is 6.94. The van der Waals surface area contributed by atoms with Crippen molar-refractivity contribution >= 4 is 5.91 Å². The molecule has 0 spiro atoms. The number of carbonyl (C=O) groups excluding carboxylic acids is 1. The van der Waals surface area contributed by atoms with Gasteiger partial charge in [-0.25, -0.2) is 0 Å². The molecule has 0 aromatic heterocycles. The molecule has 1 unspecified atom stereocenters. The van der Waals surface area contributed by atoms with E-state index in [1.54, 1.807) is 4.90 Å². The Morgan fingerprint density at radius 2 is 2.27 bits per heavy atom. The van der Waals surface area contributed by atoms with Gasteiger partial charge in [-0.1, -0.05) is 6.08 Å². The number of rotatable bonds is 3. The highest BCUT2D eigenvalue weighted by atomic mass is 16.2. The van der Waals surface area contributed by atoms with Gasteiger partial charge in [-0.05, 0) is 13.8 Å². The Kier molecular flexibility index (Phi) is 3.52. The topological polar surface area (TPSA) is 49.6 Å². The van der Waals surface area contributed by atoms with E-state index in [1.165, 1.54) is 0 Å². The van der Waals surface area contributed by atoms with Gasteiger partial charge in [-0.3, -0.25) is 9.69 Å². The van der Waals surface area contributed by atoms with Gasteiger partial charge in [0.25, 0.3) is 0 Å². The summed E-state index contributed by atoms with van der Waals surface area (Å²) in [6, 6.07) is -0.193. The van der Waals surface area contributed by atoms with Crippen LogP contribution in [-0.2, 0) is 4.79 Å². The fourth-order valence-electron chi connectivity index (χ4n) is 2.00. The summed E-state index contributed by atoms with van der Waals surface area (Å²) in [6.45, 7) is 9.75. The first-order valence-electron chi connectivity index (χ1n) is 5.26. The van der Waals surface area contributed by atoms with Gasteiger partial charge < -0.3 is 10.6 Å². The quantitative estimate of drug-likeness (QED) is 0.671. The minimum absolute atomic E-state index is 0.107. The largest absolute Gasteiger partial charge is 0.338 e. The third kappa shape index (κ3) is 2.21. The van der Waals surface area contributed by atoms with E-state index in [9.17, 15) is 4.79 Å². The summed E-state index contributed by atoms with van der Waals surface area (Å²) >= 11 is 0. The van der Waals surface area contributed by atoms with E-state index in [1.807, 2.05) is 13.1 Å². The molecule has 0 bridgehead atoms. The van der Waals surface area contributed by atoms with Gasteiger partial charge in [0.15, 0.2) is 0 Å². The second-order valence-electron chi connectivity index (χ2n) is 4.68. The van der Waals surface area contributed by atoms with Crippen LogP contribution in [0.25, 0.3) is 0 Å². The molecule has 0 aromatic carbocycles. The van der Waals surface area contributed by atoms with E-state index in [0.29, 0.717) is 13.1 Å². The van der Waals surface area contributed by atoms with Crippen molar-refractivity contribution < 1.29 is 4.79 Å². The van der Waals surface area contributed by atoms with E-state index in [4.69, 9.17) is 5.73 Å². The number of carbonyl (C=O) groups is 1. The zero-order valence-electron chi connectivity index (χ0n) is 9.86. The average Bonchev–Trinajstić information content (AvgIpc) is 2.15. The van der Waals surface area contributed by atoms with Crippen molar-refractivity contribution in [1.82, 2.24) is 9.80 Å². The van der Waals surface area contributed by atoms with Crippen molar-refractivity contribution in [2.45, 2.75) is 25.4 Å². The Morgan fingerprint density at radius 1 is 1.67 bits per heavy atom. The lowest BCUT2D eigenvalue weighted by Crippen LogP contribution is -2.66. The molecule has 1 atom stereocenters. The molecule has 15 heavy (non-hydrogen) atoms. The fraction of sp³-hybridized carbons (Fsp3) is 0.727. The smallest absolute Gasteiger partial charge is 0.241 e. The molecular formula is C11H21N3O. The molecule has 1 amide bonds. The maximum absolute atomic E-state index is 12.0. The van der Waals surface area contributed by atoms with Gasteiger partial charge >= 0.3 is 0 Å². The Balaban J connectivity index is 2.89. The lowest BCUT2D eigenvalue weighted by molar-refractivity contribution is -0.148. The van der Waals surface area contributed by atoms with E-state index >= 15 is 0 Å². The van der Waals surface area contributed by atoms with Crippen LogP contribution >= 0.6 is 0 Å². The van der Waals surface area contributed by atoms with Crippen molar-refractivity contribution in [2.24, 2.45) is 5.73 Å². The van der Waals surface area contributed by atoms with Gasteiger partial charge in [-0.15, -0.1) is 6.58 Å². The highest BCUT2D eigenvalue weighted by Gasteiger charge is 2.41. The maximum atomic E-state index is 12.0. The van der Waals surface area contributed by atoms with Gasteiger partial charge in [0, 0.05) is 32.2 Å². The highest BCUT2D eigenvalue weighted by molar-refractivity contribution is 5.83. The SMILES string of the molecule is C=CCN1CC(C)(C)N(C)C(=O)C1CN. The third-order valence-corrected chi connectivity index (χ3v) is 3.14. The van der Waals surface area contributed by atoms with Crippen molar-refractivity contribution in [1.29, 1.82) is 0 Å². The molecule has 1 aliphatic rings. The molecule has 1 heterocycles. The van der Waals surface area contributed by atoms with Crippen LogP contribution in [-0.4, -0.2) is 54.0 Å². The van der Waals surface area contributed by atoms with E-state index in [0.717, 1.165) is 6.54 Å². The van der Waals surface area contributed by atoms with Crippen LogP contribution in [0.2, 0.25) is 0 Å². The Labute approximate surface area is 91.7 Å². The second-order valence-corrected chi connectivity index (χ2v) is 4.68. The summed E-state index contributed by atoms with van der Waals surface area (Å²) in [5.74, 6) is 0.107. The molecule has 4 nitrogen and oxygen atoms in total. The first kappa shape index (κ1) is 12.2. The molecule has 1 saturated heterocycles. The summed E-state index contributed by atoms with van der Waals surface area (Å²) in [7, 11) is 1.84. The number of hydrogen-bond donors (Lipinski definition) is 1. The Morgan fingerprint density at radius 3 is 2.73 bits per heavy atom. The minimum Gasteiger partial charge on any atom is -0.338 e. The molecule has 1 fully saturated rings. The molecule has 0 radical (unpaired) electrons. The number of hydrogen-bond acceptors (Lipinski definition) is 3. The van der Waals surface area contributed by atoms with Crippen LogP contribution < -0.4 is 5.73 Å². The van der Waals surface area contributed by atoms with Gasteiger partial charge in [0.2, 0.25) is 5.91 Å². The molecule has 1 aliphatic heterocycles. The van der Waals surface area contributed by atoms with Gasteiger partial charge in [0.1, 0.15) is 6.04 Å². The van der Waals surface area contributed by atoms with Crippen molar-refractivity contribution in [3.63, 3.8) is 0 Å². The standard InChI is InChI=1S/C11H21N3O/c1-5-6-14-8-11(2,3)13(4)10(15)9(14)7-12/h5,9H,1,6-8,12H2,2-4H3. The Bertz CT molecular complexity index is 263. The van der Waals surface area contributed by atoms with E-state index in [2.05, 4.69) is 25.3 Å². The third-order valence-electron chi connectivity index (χ3n) is 3.14. The van der Waals surface area contributed by atoms with Crippen LogP contribution in [0.15, 0.2) is 12.7 Å². The molecule has 0 aliphatic carbocycles. The number of nitrogens with two attached hydrogens (primary N) is 1. The zero-order chi connectivity index (χ0) is 11.6. The molecule has 1 rings (SSSR count). The van der Waals surface area contributed by atoms with Gasteiger partial charge in [-0.2, -0.15) is 0 Å². The summed E-state index contributed by atoms with van der Waals surface area (Å²) < 4.78 is 0. The molecule has 2 N–H and O–H groups in total. The van der Waals surface area contributed by atoms with E-state index < -0.39 is 0 Å². The maximum Gasteiger partial charge on any atom is 0.241 e. The molecule has 4 heteroatoms. The van der Waals surface area contributed by atoms with Crippen LogP contribution in [0.3, 0.4) is 0 Å². The van der Waals surface area contributed by atoms with Gasteiger partial charge in [0.05, 0.1) is 0 Å². The van der Waals surface area contributed by atoms with Crippen LogP contribution in [0.1, 0.15) is 13.8 Å². The predicted octanol–water partition coefficient (Wildman–Crippen LogP) is 0.0523. The Hall–Kier alpha value is -0.870. The zero-order valence-corrected chi connectivity index (χ0v) is 9.86. The number of amides is 1.